The molecule has 106 valence electrons. The maximum absolute atomic E-state index is 11.7. The van der Waals surface area contributed by atoms with Crippen LogP contribution in [0.15, 0.2) is 21.9 Å². The van der Waals surface area contributed by atoms with Crippen molar-refractivity contribution in [1.29, 1.82) is 0 Å². The Morgan fingerprint density at radius 2 is 2.21 bits per heavy atom. The molecule has 19 heavy (non-hydrogen) atoms. The van der Waals surface area contributed by atoms with Crippen molar-refractivity contribution < 1.29 is 14.9 Å². The molecule has 1 aromatic rings. The van der Waals surface area contributed by atoms with Gasteiger partial charge in [0.05, 0.1) is 12.5 Å². The number of alkyl halides is 2. The molecular formula is C10H12Cl2N2O5. The summed E-state index contributed by atoms with van der Waals surface area (Å²) in [5, 5.41) is 18.3. The van der Waals surface area contributed by atoms with E-state index in [0.717, 1.165) is 10.6 Å². The summed E-state index contributed by atoms with van der Waals surface area (Å²) in [5.41, 5.74) is -2.72. The molecule has 3 N–H and O–H groups in total. The highest BCUT2D eigenvalue weighted by atomic mass is 35.5. The average Bonchev–Trinajstić information content (AvgIpc) is 2.64. The summed E-state index contributed by atoms with van der Waals surface area (Å²) in [6.45, 7) is -0.546. The van der Waals surface area contributed by atoms with E-state index in [1.54, 1.807) is 0 Å². The first-order valence-electron chi connectivity index (χ1n) is 5.43. The third-order valence-electron chi connectivity index (χ3n) is 3.09. The standard InChI is InChI=1S/C10H12Cl2N2O5/c11-3-10(4-15)7(17)6(12)8(19-10)14-2-1-5(16)13-9(14)18/h1-2,6-8,15,17H,3-4H2,(H,13,16,18)/t6-,7+,8?,10-/m1/s1. The molecule has 1 fully saturated rings. The molecule has 1 unspecified atom stereocenters. The lowest BCUT2D eigenvalue weighted by molar-refractivity contribution is -0.114. The molecule has 0 bridgehead atoms. The van der Waals surface area contributed by atoms with Crippen LogP contribution >= 0.6 is 23.2 Å². The predicted octanol–water partition coefficient (Wildman–Crippen LogP) is -0.996. The van der Waals surface area contributed by atoms with Gasteiger partial charge >= 0.3 is 5.69 Å². The second-order valence-corrected chi connectivity index (χ2v) is 5.04. The van der Waals surface area contributed by atoms with Crippen molar-refractivity contribution in [3.8, 4) is 0 Å². The van der Waals surface area contributed by atoms with Crippen molar-refractivity contribution in [3.63, 3.8) is 0 Å². The third kappa shape index (κ3) is 2.32. The van der Waals surface area contributed by atoms with Crippen molar-refractivity contribution in [2.75, 3.05) is 12.5 Å². The molecule has 7 nitrogen and oxygen atoms in total. The Kier molecular flexibility index (Phi) is 4.03. The highest BCUT2D eigenvalue weighted by molar-refractivity contribution is 6.22. The normalized spacial score (nSPS) is 34.6. The van der Waals surface area contributed by atoms with Gasteiger partial charge in [-0.25, -0.2) is 4.79 Å². The Hall–Kier alpha value is -0.860. The van der Waals surface area contributed by atoms with Gasteiger partial charge in [0.1, 0.15) is 17.1 Å². The number of halogens is 2. The van der Waals surface area contributed by atoms with E-state index in [9.17, 15) is 19.8 Å². The van der Waals surface area contributed by atoms with E-state index in [4.69, 9.17) is 27.9 Å². The number of ether oxygens (including phenoxy) is 1. The molecule has 0 spiro atoms. The van der Waals surface area contributed by atoms with E-state index in [1.807, 2.05) is 0 Å². The zero-order valence-corrected chi connectivity index (χ0v) is 11.1. The topological polar surface area (TPSA) is 105 Å². The fourth-order valence-electron chi connectivity index (χ4n) is 1.94. The van der Waals surface area contributed by atoms with E-state index >= 15 is 0 Å². The minimum absolute atomic E-state index is 0.192. The Bertz CT molecular complexity index is 568. The number of nitrogens with one attached hydrogen (secondary N) is 1. The van der Waals surface area contributed by atoms with Crippen LogP contribution in [0.5, 0.6) is 0 Å². The van der Waals surface area contributed by atoms with Gasteiger partial charge in [-0.05, 0) is 0 Å². The Labute approximate surface area is 117 Å². The molecule has 0 aliphatic carbocycles. The smallest absolute Gasteiger partial charge is 0.330 e. The fraction of sp³-hybridized carbons (Fsp3) is 0.600. The van der Waals surface area contributed by atoms with Gasteiger partial charge in [-0.15, -0.1) is 23.2 Å². The Balaban J connectivity index is 2.42. The molecule has 0 saturated carbocycles. The van der Waals surface area contributed by atoms with Crippen LogP contribution in [0.3, 0.4) is 0 Å². The van der Waals surface area contributed by atoms with Gasteiger partial charge in [0.2, 0.25) is 0 Å². The van der Waals surface area contributed by atoms with Crippen LogP contribution < -0.4 is 11.2 Å². The van der Waals surface area contributed by atoms with Crippen molar-refractivity contribution >= 4 is 23.2 Å². The molecule has 2 heterocycles. The molecule has 1 aliphatic heterocycles. The lowest BCUT2D eigenvalue weighted by Gasteiger charge is -2.27. The highest BCUT2D eigenvalue weighted by Crippen LogP contribution is 2.40. The van der Waals surface area contributed by atoms with Crippen LogP contribution in [0.2, 0.25) is 0 Å². The SMILES string of the molecule is O=c1ccn(C2O[C@@](CO)(CCl)[C@@H](O)[C@H]2Cl)c(=O)[nH]1. The number of nitrogens with zero attached hydrogens (tertiary/aromatic N) is 1. The van der Waals surface area contributed by atoms with Crippen LogP contribution in [-0.2, 0) is 4.74 Å². The summed E-state index contributed by atoms with van der Waals surface area (Å²) >= 11 is 11.7. The molecule has 1 saturated heterocycles. The van der Waals surface area contributed by atoms with Crippen LogP contribution in [0.25, 0.3) is 0 Å². The molecular weight excluding hydrogens is 299 g/mol. The molecule has 4 atom stereocenters. The molecule has 1 aromatic heterocycles. The van der Waals surface area contributed by atoms with E-state index in [2.05, 4.69) is 4.98 Å². The zero-order valence-electron chi connectivity index (χ0n) is 9.62. The van der Waals surface area contributed by atoms with E-state index in [-0.39, 0.29) is 5.88 Å². The first-order chi connectivity index (χ1) is 8.95. The summed E-state index contributed by atoms with van der Waals surface area (Å²) in [4.78, 5) is 24.7. The van der Waals surface area contributed by atoms with Crippen molar-refractivity contribution in [2.45, 2.75) is 23.3 Å². The molecule has 0 aromatic carbocycles. The van der Waals surface area contributed by atoms with E-state index < -0.39 is 41.2 Å². The minimum atomic E-state index is -1.44. The molecule has 9 heteroatoms. The predicted molar refractivity (Wildman–Crippen MR) is 67.6 cm³/mol. The van der Waals surface area contributed by atoms with Crippen LogP contribution in [0.4, 0.5) is 0 Å². The highest BCUT2D eigenvalue weighted by Gasteiger charge is 2.54. The van der Waals surface area contributed by atoms with Crippen LogP contribution in [0, 0.1) is 0 Å². The number of aliphatic hydroxyl groups excluding tert-OH is 2. The number of hydrogen-bond acceptors (Lipinski definition) is 5. The quantitative estimate of drug-likeness (QED) is 0.621. The maximum Gasteiger partial charge on any atom is 0.330 e. The molecule has 0 amide bonds. The van der Waals surface area contributed by atoms with Crippen molar-refractivity contribution in [3.05, 3.63) is 33.1 Å². The van der Waals surface area contributed by atoms with Crippen LogP contribution in [0.1, 0.15) is 6.23 Å². The number of H-pyrrole nitrogens is 1. The fourth-order valence-corrected chi connectivity index (χ4v) is 2.65. The lowest BCUT2D eigenvalue weighted by atomic mass is 10.00. The van der Waals surface area contributed by atoms with Gasteiger partial charge in [-0.3, -0.25) is 14.3 Å². The van der Waals surface area contributed by atoms with E-state index in [0.29, 0.717) is 0 Å². The van der Waals surface area contributed by atoms with Gasteiger partial charge in [-0.2, -0.15) is 0 Å². The van der Waals surface area contributed by atoms with Gasteiger partial charge in [0, 0.05) is 12.3 Å². The van der Waals surface area contributed by atoms with Crippen molar-refractivity contribution in [1.82, 2.24) is 9.55 Å². The van der Waals surface area contributed by atoms with Gasteiger partial charge < -0.3 is 14.9 Å². The minimum Gasteiger partial charge on any atom is -0.393 e. The first-order valence-corrected chi connectivity index (χ1v) is 6.40. The number of aliphatic hydroxyl groups is 2. The number of rotatable bonds is 3. The summed E-state index contributed by atoms with van der Waals surface area (Å²) in [6, 6.07) is 1.13. The van der Waals surface area contributed by atoms with Crippen molar-refractivity contribution in [2.24, 2.45) is 0 Å². The summed E-state index contributed by atoms with van der Waals surface area (Å²) < 4.78 is 6.49. The molecule has 0 radical (unpaired) electrons. The second-order valence-electron chi connectivity index (χ2n) is 4.27. The zero-order chi connectivity index (χ0) is 14.2. The lowest BCUT2D eigenvalue weighted by Crippen LogP contribution is -2.47. The Morgan fingerprint density at radius 1 is 1.53 bits per heavy atom. The van der Waals surface area contributed by atoms with E-state index in [1.165, 1.54) is 6.20 Å². The first kappa shape index (κ1) is 14.5. The average molecular weight is 311 g/mol. The third-order valence-corrected chi connectivity index (χ3v) is 3.99. The second kappa shape index (κ2) is 5.26. The van der Waals surface area contributed by atoms with Gasteiger partial charge in [-0.1, -0.05) is 0 Å². The summed E-state index contributed by atoms with van der Waals surface area (Å²) in [7, 11) is 0. The number of aromatic nitrogens is 2. The molecule has 2 rings (SSSR count). The molecule has 1 aliphatic rings. The van der Waals surface area contributed by atoms with Crippen LogP contribution in [-0.4, -0.2) is 49.3 Å². The summed E-state index contributed by atoms with van der Waals surface area (Å²) in [5.74, 6) is -0.192. The largest absolute Gasteiger partial charge is 0.393 e. The summed E-state index contributed by atoms with van der Waals surface area (Å²) in [6.07, 6.45) is -1.08. The Morgan fingerprint density at radius 3 is 2.68 bits per heavy atom. The number of hydrogen-bond donors (Lipinski definition) is 3. The van der Waals surface area contributed by atoms with Gasteiger partial charge in [0.15, 0.2) is 6.23 Å². The monoisotopic (exact) mass is 310 g/mol. The van der Waals surface area contributed by atoms with Gasteiger partial charge in [0.25, 0.3) is 5.56 Å². The number of aromatic amines is 1. The maximum atomic E-state index is 11.7.